The molecule has 0 aromatic heterocycles. The molecule has 0 amide bonds. The van der Waals surface area contributed by atoms with Gasteiger partial charge in [-0.2, -0.15) is 0 Å². The summed E-state index contributed by atoms with van der Waals surface area (Å²) in [5.74, 6) is -0.164. The number of carbonyl (C=O) groups is 1. The van der Waals surface area contributed by atoms with Crippen LogP contribution in [-0.2, 0) is 0 Å². The lowest BCUT2D eigenvalue weighted by Gasteiger charge is -2.46. The van der Waals surface area contributed by atoms with Gasteiger partial charge in [-0.25, -0.2) is 0 Å². The van der Waals surface area contributed by atoms with Gasteiger partial charge in [-0.3, -0.25) is 19.8 Å². The van der Waals surface area contributed by atoms with Crippen molar-refractivity contribution in [3.05, 3.63) is 33.9 Å². The van der Waals surface area contributed by atoms with E-state index in [1.165, 1.54) is 13.0 Å². The van der Waals surface area contributed by atoms with Crippen molar-refractivity contribution in [2.45, 2.75) is 26.3 Å². The first-order valence-electron chi connectivity index (χ1n) is 6.98. The number of nitrogens with zero attached hydrogens (tertiary/aromatic N) is 3. The van der Waals surface area contributed by atoms with Crippen molar-refractivity contribution in [3.63, 3.8) is 0 Å². The number of ketones is 1. The number of benzene rings is 1. The molecule has 1 saturated heterocycles. The number of piperazine rings is 1. The van der Waals surface area contributed by atoms with E-state index in [0.717, 1.165) is 13.1 Å². The van der Waals surface area contributed by atoms with Gasteiger partial charge in [0.25, 0.3) is 5.69 Å². The zero-order valence-corrected chi connectivity index (χ0v) is 12.9. The monoisotopic (exact) mass is 291 g/mol. The van der Waals surface area contributed by atoms with Crippen LogP contribution in [0.3, 0.4) is 0 Å². The molecule has 1 aromatic rings. The van der Waals surface area contributed by atoms with Gasteiger partial charge in [-0.15, -0.1) is 0 Å². The van der Waals surface area contributed by atoms with Crippen molar-refractivity contribution in [1.82, 2.24) is 4.90 Å². The average molecular weight is 291 g/mol. The van der Waals surface area contributed by atoms with Gasteiger partial charge in [0.15, 0.2) is 5.78 Å². The Morgan fingerprint density at radius 2 is 2.00 bits per heavy atom. The average Bonchev–Trinajstić information content (AvgIpc) is 2.41. The van der Waals surface area contributed by atoms with Crippen molar-refractivity contribution in [2.75, 3.05) is 31.6 Å². The van der Waals surface area contributed by atoms with E-state index < -0.39 is 4.92 Å². The van der Waals surface area contributed by atoms with Crippen LogP contribution in [0.5, 0.6) is 0 Å². The van der Waals surface area contributed by atoms with E-state index in [1.807, 2.05) is 4.90 Å². The molecular formula is C15H21N3O3. The fourth-order valence-electron chi connectivity index (χ4n) is 2.60. The molecule has 1 fully saturated rings. The van der Waals surface area contributed by atoms with E-state index in [2.05, 4.69) is 25.8 Å². The first-order chi connectivity index (χ1) is 9.72. The molecule has 0 radical (unpaired) electrons. The van der Waals surface area contributed by atoms with Crippen LogP contribution in [0.25, 0.3) is 0 Å². The van der Waals surface area contributed by atoms with Gasteiger partial charge < -0.3 is 4.90 Å². The summed E-state index contributed by atoms with van der Waals surface area (Å²) in [6.07, 6.45) is 0. The Labute approximate surface area is 124 Å². The predicted octanol–water partition coefficient (Wildman–Crippen LogP) is 2.33. The van der Waals surface area contributed by atoms with Gasteiger partial charge in [0.2, 0.25) is 0 Å². The summed E-state index contributed by atoms with van der Waals surface area (Å²) in [5.41, 5.74) is 0.916. The molecule has 0 saturated carbocycles. The molecular weight excluding hydrogens is 270 g/mol. The highest BCUT2D eigenvalue weighted by Gasteiger charge is 2.33. The Bertz CT molecular complexity index is 584. The maximum atomic E-state index is 11.4. The van der Waals surface area contributed by atoms with Gasteiger partial charge in [-0.05, 0) is 40.0 Å². The van der Waals surface area contributed by atoms with Crippen molar-refractivity contribution in [2.24, 2.45) is 0 Å². The molecule has 2 rings (SSSR count). The molecule has 0 spiro atoms. The second kappa shape index (κ2) is 5.44. The molecule has 0 atom stereocenters. The van der Waals surface area contributed by atoms with Gasteiger partial charge in [-0.1, -0.05) is 0 Å². The number of nitro groups is 1. The summed E-state index contributed by atoms with van der Waals surface area (Å²) < 4.78 is 0. The Hall–Kier alpha value is -1.95. The zero-order chi connectivity index (χ0) is 15.8. The van der Waals surface area contributed by atoms with E-state index in [1.54, 1.807) is 12.1 Å². The number of nitro benzene ring substituents is 1. The van der Waals surface area contributed by atoms with Crippen LogP contribution >= 0.6 is 0 Å². The molecule has 1 aromatic carbocycles. The minimum Gasteiger partial charge on any atom is -0.363 e. The number of carbonyl (C=O) groups excluding carboxylic acids is 1. The Kier molecular flexibility index (Phi) is 4.00. The second-order valence-corrected chi connectivity index (χ2v) is 6.17. The van der Waals surface area contributed by atoms with Crippen LogP contribution in [0.2, 0.25) is 0 Å². The fraction of sp³-hybridized carbons (Fsp3) is 0.533. The topological polar surface area (TPSA) is 66.7 Å². The van der Waals surface area contributed by atoms with E-state index in [0.29, 0.717) is 17.8 Å². The molecule has 6 heteroatoms. The number of rotatable bonds is 3. The quantitative estimate of drug-likeness (QED) is 0.486. The molecule has 114 valence electrons. The lowest BCUT2D eigenvalue weighted by molar-refractivity contribution is -0.384. The molecule has 1 aliphatic rings. The number of hydrogen-bond acceptors (Lipinski definition) is 5. The van der Waals surface area contributed by atoms with Crippen molar-refractivity contribution in [1.29, 1.82) is 0 Å². The van der Waals surface area contributed by atoms with Crippen molar-refractivity contribution in [3.8, 4) is 0 Å². The summed E-state index contributed by atoms with van der Waals surface area (Å²) in [4.78, 5) is 26.6. The summed E-state index contributed by atoms with van der Waals surface area (Å²) in [6.45, 7) is 7.95. The van der Waals surface area contributed by atoms with Crippen LogP contribution in [-0.4, -0.2) is 47.8 Å². The summed E-state index contributed by atoms with van der Waals surface area (Å²) >= 11 is 0. The van der Waals surface area contributed by atoms with Crippen LogP contribution in [0.4, 0.5) is 11.4 Å². The van der Waals surface area contributed by atoms with Gasteiger partial charge in [0.05, 0.1) is 4.92 Å². The number of likely N-dealkylation sites (N-methyl/N-ethyl adjacent to an activating group) is 1. The molecule has 0 bridgehead atoms. The lowest BCUT2D eigenvalue weighted by Crippen LogP contribution is -2.57. The minimum absolute atomic E-state index is 0.00283. The fourth-order valence-corrected chi connectivity index (χ4v) is 2.60. The van der Waals surface area contributed by atoms with E-state index in [4.69, 9.17) is 0 Å². The third kappa shape index (κ3) is 3.05. The number of anilines is 1. The van der Waals surface area contributed by atoms with Crippen LogP contribution < -0.4 is 4.90 Å². The minimum atomic E-state index is -0.410. The van der Waals surface area contributed by atoms with E-state index in [-0.39, 0.29) is 17.0 Å². The Morgan fingerprint density at radius 1 is 1.33 bits per heavy atom. The summed E-state index contributed by atoms with van der Waals surface area (Å²) in [5, 5.41) is 11.3. The van der Waals surface area contributed by atoms with Crippen LogP contribution in [0, 0.1) is 10.1 Å². The summed E-state index contributed by atoms with van der Waals surface area (Å²) in [7, 11) is 2.06. The largest absolute Gasteiger partial charge is 0.363 e. The standard InChI is InChI=1S/C15H21N3O3/c1-11(19)12-5-6-13(14(9-12)18(20)21)17-8-7-16(4)15(2,3)10-17/h5-6,9H,7-8,10H2,1-4H3. The van der Waals surface area contributed by atoms with Crippen LogP contribution in [0.15, 0.2) is 18.2 Å². The van der Waals surface area contributed by atoms with Gasteiger partial charge in [0.1, 0.15) is 5.69 Å². The predicted molar refractivity (Wildman–Crippen MR) is 82.0 cm³/mol. The third-order valence-electron chi connectivity index (χ3n) is 4.24. The zero-order valence-electron chi connectivity index (χ0n) is 12.9. The second-order valence-electron chi connectivity index (χ2n) is 6.17. The molecule has 0 aliphatic carbocycles. The molecule has 6 nitrogen and oxygen atoms in total. The molecule has 1 aliphatic heterocycles. The van der Waals surface area contributed by atoms with Gasteiger partial charge >= 0.3 is 0 Å². The summed E-state index contributed by atoms with van der Waals surface area (Å²) in [6, 6.07) is 4.73. The highest BCUT2D eigenvalue weighted by Crippen LogP contribution is 2.32. The maximum absolute atomic E-state index is 11.4. The Balaban J connectivity index is 2.40. The molecule has 1 heterocycles. The first-order valence-corrected chi connectivity index (χ1v) is 6.98. The highest BCUT2D eigenvalue weighted by atomic mass is 16.6. The molecule has 0 unspecified atom stereocenters. The Morgan fingerprint density at radius 3 is 2.52 bits per heavy atom. The molecule has 21 heavy (non-hydrogen) atoms. The third-order valence-corrected chi connectivity index (χ3v) is 4.24. The lowest BCUT2D eigenvalue weighted by atomic mass is 9.98. The van der Waals surface area contributed by atoms with Crippen molar-refractivity contribution < 1.29 is 9.72 Å². The van der Waals surface area contributed by atoms with Crippen molar-refractivity contribution >= 4 is 17.2 Å². The normalized spacial score (nSPS) is 18.6. The number of Topliss-reactive ketones (excluding diaryl/α,β-unsaturated/α-hetero) is 1. The SMILES string of the molecule is CC(=O)c1ccc(N2CCN(C)C(C)(C)C2)c([N+](=O)[O-])c1. The van der Waals surface area contributed by atoms with Gasteiger partial charge in [0, 0.05) is 36.8 Å². The van der Waals surface area contributed by atoms with E-state index in [9.17, 15) is 14.9 Å². The first kappa shape index (κ1) is 15.4. The van der Waals surface area contributed by atoms with E-state index >= 15 is 0 Å². The maximum Gasteiger partial charge on any atom is 0.293 e. The molecule has 0 N–H and O–H groups in total. The van der Waals surface area contributed by atoms with Crippen LogP contribution in [0.1, 0.15) is 31.1 Å². The highest BCUT2D eigenvalue weighted by molar-refractivity contribution is 5.95. The smallest absolute Gasteiger partial charge is 0.293 e. The number of hydrogen-bond donors (Lipinski definition) is 0.